The minimum Gasteiger partial charge on any atom is -1.00 e. The first-order valence-corrected chi connectivity index (χ1v) is 6.36. The van der Waals surface area contributed by atoms with Gasteiger partial charge in [-0.15, -0.1) is 0 Å². The summed E-state index contributed by atoms with van der Waals surface area (Å²) in [5.74, 6) is 0.0405. The van der Waals surface area contributed by atoms with Crippen molar-refractivity contribution in [3.05, 3.63) is 60.2 Å². The van der Waals surface area contributed by atoms with Gasteiger partial charge in [0.25, 0.3) is 0 Å². The maximum absolute atomic E-state index is 11.7. The molecular weight excluding hydrogens is 318 g/mol. The van der Waals surface area contributed by atoms with Crippen molar-refractivity contribution in [2.75, 3.05) is 0 Å². The van der Waals surface area contributed by atoms with E-state index in [0.717, 1.165) is 5.69 Å². The summed E-state index contributed by atoms with van der Waals surface area (Å²) >= 11 is 0. The molecule has 106 valence electrons. The first kappa shape index (κ1) is 16.3. The molecule has 0 bridgehead atoms. The van der Waals surface area contributed by atoms with Crippen LogP contribution < -0.4 is 26.9 Å². The Labute approximate surface area is 129 Å². The predicted molar refractivity (Wildman–Crippen MR) is 72.1 cm³/mol. The Hall–Kier alpha value is -1.75. The molecule has 0 saturated heterocycles. The van der Waals surface area contributed by atoms with Gasteiger partial charge < -0.3 is 22.3 Å². The number of nitrogens with zero attached hydrogens (tertiary/aromatic N) is 2. The van der Waals surface area contributed by atoms with Crippen LogP contribution >= 0.6 is 0 Å². The van der Waals surface area contributed by atoms with Crippen molar-refractivity contribution >= 4 is 5.91 Å². The third-order valence-electron chi connectivity index (χ3n) is 2.85. The highest BCUT2D eigenvalue weighted by Crippen LogP contribution is 1.93. The summed E-state index contributed by atoms with van der Waals surface area (Å²) in [4.78, 5) is 15.9. The summed E-state index contributed by atoms with van der Waals surface area (Å²) in [6.45, 7) is 3.22. The van der Waals surface area contributed by atoms with Crippen LogP contribution in [0, 0.1) is 6.92 Å². The number of hydrogen-bond acceptors (Lipinski definition) is 2. The zero-order valence-electron chi connectivity index (χ0n) is 11.4. The zero-order chi connectivity index (χ0) is 13.5. The van der Waals surface area contributed by atoms with E-state index in [1.165, 1.54) is 5.56 Å². The number of pyridine rings is 2. The molecule has 2 aromatic rings. The maximum atomic E-state index is 11.7. The fourth-order valence-electron chi connectivity index (χ4n) is 1.69. The molecule has 2 aromatic heterocycles. The van der Waals surface area contributed by atoms with E-state index in [-0.39, 0.29) is 22.9 Å². The number of hydrogen-bond donors (Lipinski definition) is 1. The van der Waals surface area contributed by atoms with E-state index in [1.54, 1.807) is 6.20 Å². The SMILES string of the molecule is Cc1cc[n+](CCC(=O)NCc2ccccn2)cc1.[Br-]. The Kier molecular flexibility index (Phi) is 6.87. The second-order valence-corrected chi connectivity index (χ2v) is 4.46. The van der Waals surface area contributed by atoms with Crippen molar-refractivity contribution in [1.29, 1.82) is 0 Å². The lowest BCUT2D eigenvalue weighted by Crippen LogP contribution is -3.00. The van der Waals surface area contributed by atoms with Gasteiger partial charge in [0.05, 0.1) is 18.7 Å². The van der Waals surface area contributed by atoms with Crippen molar-refractivity contribution in [2.45, 2.75) is 26.4 Å². The van der Waals surface area contributed by atoms with Gasteiger partial charge in [0.15, 0.2) is 18.9 Å². The Morgan fingerprint density at radius 2 is 2.00 bits per heavy atom. The number of nitrogens with one attached hydrogen (secondary N) is 1. The lowest BCUT2D eigenvalue weighted by atomic mass is 10.3. The van der Waals surface area contributed by atoms with Crippen molar-refractivity contribution in [3.63, 3.8) is 0 Å². The van der Waals surface area contributed by atoms with Gasteiger partial charge in [-0.1, -0.05) is 6.07 Å². The Morgan fingerprint density at radius 3 is 2.65 bits per heavy atom. The molecule has 0 aliphatic carbocycles. The molecule has 1 amide bonds. The van der Waals surface area contributed by atoms with Gasteiger partial charge in [-0.3, -0.25) is 9.78 Å². The van der Waals surface area contributed by atoms with Gasteiger partial charge in [0.1, 0.15) is 0 Å². The maximum Gasteiger partial charge on any atom is 0.226 e. The minimum absolute atomic E-state index is 0. The summed E-state index contributed by atoms with van der Waals surface area (Å²) in [5.41, 5.74) is 2.09. The van der Waals surface area contributed by atoms with Crippen LogP contribution in [0.15, 0.2) is 48.9 Å². The zero-order valence-corrected chi connectivity index (χ0v) is 13.0. The smallest absolute Gasteiger partial charge is 0.226 e. The van der Waals surface area contributed by atoms with Crippen LogP contribution in [0.5, 0.6) is 0 Å². The number of rotatable bonds is 5. The van der Waals surface area contributed by atoms with Crippen LogP contribution in [0.25, 0.3) is 0 Å². The van der Waals surface area contributed by atoms with E-state index in [1.807, 2.05) is 54.2 Å². The van der Waals surface area contributed by atoms with Crippen molar-refractivity contribution in [1.82, 2.24) is 10.3 Å². The standard InChI is InChI=1S/C15H17N3O.BrH/c1-13-5-9-18(10-6-13)11-7-15(19)17-12-14-4-2-3-8-16-14;/h2-6,8-10H,7,11-12H2,1H3;1H. The molecule has 20 heavy (non-hydrogen) atoms. The van der Waals surface area contributed by atoms with Crippen LogP contribution in [-0.2, 0) is 17.9 Å². The summed E-state index contributed by atoms with van der Waals surface area (Å²) < 4.78 is 2.01. The van der Waals surface area contributed by atoms with E-state index in [9.17, 15) is 4.79 Å². The number of aryl methyl sites for hydroxylation is 2. The van der Waals surface area contributed by atoms with Gasteiger partial charge in [-0.05, 0) is 24.6 Å². The van der Waals surface area contributed by atoms with Crippen molar-refractivity contribution < 1.29 is 26.3 Å². The molecule has 1 N–H and O–H groups in total. The Morgan fingerprint density at radius 1 is 1.25 bits per heavy atom. The molecule has 0 atom stereocenters. The quantitative estimate of drug-likeness (QED) is 0.668. The second kappa shape index (κ2) is 8.43. The van der Waals surface area contributed by atoms with Gasteiger partial charge in [-0.25, -0.2) is 4.57 Å². The third kappa shape index (κ3) is 5.48. The highest BCUT2D eigenvalue weighted by atomic mass is 79.9. The molecule has 0 fully saturated rings. The average Bonchev–Trinajstić information content (AvgIpc) is 2.45. The van der Waals surface area contributed by atoms with Crippen LogP contribution in [0.3, 0.4) is 0 Å². The first-order valence-electron chi connectivity index (χ1n) is 6.36. The highest BCUT2D eigenvalue weighted by molar-refractivity contribution is 5.75. The number of carbonyl (C=O) groups is 1. The molecule has 0 aromatic carbocycles. The molecule has 0 spiro atoms. The second-order valence-electron chi connectivity index (χ2n) is 4.46. The van der Waals surface area contributed by atoms with E-state index >= 15 is 0 Å². The average molecular weight is 336 g/mol. The minimum atomic E-state index is 0. The number of amides is 1. The highest BCUT2D eigenvalue weighted by Gasteiger charge is 2.06. The summed E-state index contributed by atoms with van der Waals surface area (Å²) in [5, 5.41) is 2.87. The molecule has 0 unspecified atom stereocenters. The van der Waals surface area contributed by atoms with Crippen LogP contribution in [0.1, 0.15) is 17.7 Å². The molecule has 5 heteroatoms. The molecule has 0 aliphatic heterocycles. The molecule has 0 saturated carbocycles. The fraction of sp³-hybridized carbons (Fsp3) is 0.267. The Bertz CT molecular complexity index is 529. The lowest BCUT2D eigenvalue weighted by molar-refractivity contribution is -0.695. The number of halogens is 1. The molecule has 2 rings (SSSR count). The summed E-state index contributed by atoms with van der Waals surface area (Å²) in [6, 6.07) is 9.74. The number of carbonyl (C=O) groups excluding carboxylic acids is 1. The Balaban J connectivity index is 0.00000200. The molecule has 0 radical (unpaired) electrons. The van der Waals surface area contributed by atoms with Crippen LogP contribution in [0.2, 0.25) is 0 Å². The third-order valence-corrected chi connectivity index (χ3v) is 2.85. The topological polar surface area (TPSA) is 45.9 Å². The number of aromatic nitrogens is 2. The van der Waals surface area contributed by atoms with E-state index in [2.05, 4.69) is 10.3 Å². The first-order chi connectivity index (χ1) is 9.24. The van der Waals surface area contributed by atoms with Crippen molar-refractivity contribution in [3.8, 4) is 0 Å². The van der Waals surface area contributed by atoms with Crippen LogP contribution in [0.4, 0.5) is 0 Å². The monoisotopic (exact) mass is 335 g/mol. The molecule has 0 aliphatic rings. The fourth-order valence-corrected chi connectivity index (χ4v) is 1.69. The molecular formula is C15H18BrN3O. The van der Waals surface area contributed by atoms with Gasteiger partial charge >= 0.3 is 0 Å². The normalized spacial score (nSPS) is 9.65. The van der Waals surface area contributed by atoms with E-state index < -0.39 is 0 Å². The predicted octanol–water partition coefficient (Wildman–Crippen LogP) is -1.61. The van der Waals surface area contributed by atoms with Crippen LogP contribution in [-0.4, -0.2) is 10.9 Å². The summed E-state index contributed by atoms with van der Waals surface area (Å²) in [6.07, 6.45) is 6.17. The van der Waals surface area contributed by atoms with Gasteiger partial charge in [0, 0.05) is 18.3 Å². The lowest BCUT2D eigenvalue weighted by Gasteiger charge is -2.03. The summed E-state index contributed by atoms with van der Waals surface area (Å²) in [7, 11) is 0. The van der Waals surface area contributed by atoms with E-state index in [4.69, 9.17) is 0 Å². The van der Waals surface area contributed by atoms with Crippen molar-refractivity contribution in [2.24, 2.45) is 0 Å². The molecule has 2 heterocycles. The van der Waals surface area contributed by atoms with Gasteiger partial charge in [0.2, 0.25) is 5.91 Å². The molecule has 4 nitrogen and oxygen atoms in total. The van der Waals surface area contributed by atoms with E-state index in [0.29, 0.717) is 19.5 Å². The van der Waals surface area contributed by atoms with Gasteiger partial charge in [-0.2, -0.15) is 0 Å². The largest absolute Gasteiger partial charge is 1.00 e.